The van der Waals surface area contributed by atoms with Crippen molar-refractivity contribution in [1.29, 1.82) is 0 Å². The molecule has 0 saturated heterocycles. The Bertz CT molecular complexity index is 1480. The molecule has 0 saturated carbocycles. The molecule has 4 aromatic rings. The molecule has 0 aliphatic carbocycles. The smallest absolute Gasteiger partial charge is 0.338 e. The van der Waals surface area contributed by atoms with Gasteiger partial charge in [-0.3, -0.25) is 14.5 Å². The number of nitrogens with zero attached hydrogens (tertiary/aromatic N) is 1. The first-order chi connectivity index (χ1) is 17.0. The Balaban J connectivity index is 1.61. The van der Waals surface area contributed by atoms with Crippen LogP contribution in [0.15, 0.2) is 82.0 Å². The summed E-state index contributed by atoms with van der Waals surface area (Å²) in [6, 6.07) is 20.0. The van der Waals surface area contributed by atoms with Crippen LogP contribution < -0.4 is 10.3 Å². The van der Waals surface area contributed by atoms with E-state index in [4.69, 9.17) is 20.8 Å². The zero-order valence-corrected chi connectivity index (χ0v) is 19.7. The lowest BCUT2D eigenvalue weighted by molar-refractivity contribution is 0.0499. The summed E-state index contributed by atoms with van der Waals surface area (Å²) in [5, 5.41) is 0.723. The SMILES string of the molecule is CCCCOC(=O)c1ccc(N2C(=O)c3oc4ccc(Cl)cc4c(=O)c3C2c2ccccc2)cc1. The third-order valence-corrected chi connectivity index (χ3v) is 6.29. The van der Waals surface area contributed by atoms with E-state index < -0.39 is 17.9 Å². The van der Waals surface area contributed by atoms with Crippen molar-refractivity contribution >= 4 is 40.1 Å². The fourth-order valence-electron chi connectivity index (χ4n) is 4.31. The van der Waals surface area contributed by atoms with Crippen molar-refractivity contribution in [3.05, 3.63) is 110 Å². The Hall–Kier alpha value is -3.90. The standard InChI is InChI=1S/C28H22ClNO5/c1-2-3-15-34-28(33)18-9-12-20(13-10-18)30-24(17-7-5-4-6-8-17)23-25(31)21-16-19(29)11-14-22(21)35-26(23)27(30)32/h4-14,16,24H,2-3,15H2,1H3. The van der Waals surface area contributed by atoms with E-state index in [1.54, 1.807) is 42.5 Å². The van der Waals surface area contributed by atoms with Crippen LogP contribution >= 0.6 is 11.6 Å². The first-order valence-electron chi connectivity index (χ1n) is 11.4. The number of anilines is 1. The zero-order chi connectivity index (χ0) is 24.5. The van der Waals surface area contributed by atoms with Gasteiger partial charge in [-0.1, -0.05) is 55.3 Å². The molecular formula is C28H22ClNO5. The number of fused-ring (bicyclic) bond motifs is 2. The summed E-state index contributed by atoms with van der Waals surface area (Å²) in [6.45, 7) is 2.38. The van der Waals surface area contributed by atoms with Crippen molar-refractivity contribution in [2.24, 2.45) is 0 Å². The Morgan fingerprint density at radius 2 is 1.77 bits per heavy atom. The number of benzene rings is 3. The molecule has 0 N–H and O–H groups in total. The minimum atomic E-state index is -0.694. The summed E-state index contributed by atoms with van der Waals surface area (Å²) in [5.74, 6) is -0.844. The monoisotopic (exact) mass is 487 g/mol. The predicted octanol–water partition coefficient (Wildman–Crippen LogP) is 6.15. The molecule has 176 valence electrons. The highest BCUT2D eigenvalue weighted by Crippen LogP contribution is 2.41. The summed E-state index contributed by atoms with van der Waals surface area (Å²) >= 11 is 6.13. The van der Waals surface area contributed by atoms with E-state index >= 15 is 0 Å². The topological polar surface area (TPSA) is 76.8 Å². The molecule has 1 aliphatic heterocycles. The number of carbonyl (C=O) groups excluding carboxylic acids is 2. The van der Waals surface area contributed by atoms with Crippen LogP contribution in [0.1, 0.15) is 57.8 Å². The van der Waals surface area contributed by atoms with Gasteiger partial charge in [0.25, 0.3) is 5.91 Å². The minimum absolute atomic E-state index is 0.00160. The molecule has 0 spiro atoms. The van der Waals surface area contributed by atoms with E-state index in [-0.39, 0.29) is 16.8 Å². The Morgan fingerprint density at radius 3 is 2.49 bits per heavy atom. The molecule has 1 aliphatic rings. The molecule has 1 atom stereocenters. The number of hydrogen-bond acceptors (Lipinski definition) is 5. The first kappa shape index (κ1) is 22.9. The van der Waals surface area contributed by atoms with Crippen LogP contribution in [0.4, 0.5) is 5.69 Å². The number of unbranched alkanes of at least 4 members (excludes halogenated alkanes) is 1. The van der Waals surface area contributed by atoms with E-state index in [1.807, 2.05) is 37.3 Å². The third-order valence-electron chi connectivity index (χ3n) is 6.06. The van der Waals surface area contributed by atoms with Gasteiger partial charge in [0, 0.05) is 10.7 Å². The second-order valence-corrected chi connectivity index (χ2v) is 8.78. The molecule has 5 rings (SSSR count). The van der Waals surface area contributed by atoms with Gasteiger partial charge in [-0.05, 0) is 54.4 Å². The number of carbonyl (C=O) groups is 2. The fraction of sp³-hybridized carbons (Fsp3) is 0.179. The first-order valence-corrected chi connectivity index (χ1v) is 11.8. The molecule has 0 fully saturated rings. The van der Waals surface area contributed by atoms with Crippen molar-refractivity contribution in [2.75, 3.05) is 11.5 Å². The maximum atomic E-state index is 13.6. The normalized spacial score (nSPS) is 14.9. The van der Waals surface area contributed by atoms with Crippen LogP contribution in [0.5, 0.6) is 0 Å². The lowest BCUT2D eigenvalue weighted by Crippen LogP contribution is -2.29. The van der Waals surface area contributed by atoms with Gasteiger partial charge in [-0.2, -0.15) is 0 Å². The lowest BCUT2D eigenvalue weighted by atomic mass is 9.98. The van der Waals surface area contributed by atoms with Crippen LogP contribution in [-0.2, 0) is 4.74 Å². The number of esters is 1. The van der Waals surface area contributed by atoms with Crippen molar-refractivity contribution in [2.45, 2.75) is 25.8 Å². The predicted molar refractivity (Wildman–Crippen MR) is 134 cm³/mol. The Labute approximate surface area is 206 Å². The minimum Gasteiger partial charge on any atom is -0.462 e. The molecule has 3 aromatic carbocycles. The van der Waals surface area contributed by atoms with E-state index in [0.717, 1.165) is 18.4 Å². The molecule has 1 aromatic heterocycles. The van der Waals surface area contributed by atoms with Gasteiger partial charge in [0.15, 0.2) is 5.43 Å². The molecule has 1 amide bonds. The summed E-state index contributed by atoms with van der Waals surface area (Å²) in [4.78, 5) is 41.0. The number of rotatable bonds is 6. The third kappa shape index (κ3) is 4.10. The van der Waals surface area contributed by atoms with Gasteiger partial charge >= 0.3 is 5.97 Å². The molecule has 1 unspecified atom stereocenters. The van der Waals surface area contributed by atoms with E-state index in [1.165, 1.54) is 4.90 Å². The zero-order valence-electron chi connectivity index (χ0n) is 19.0. The van der Waals surface area contributed by atoms with E-state index in [9.17, 15) is 14.4 Å². The number of amides is 1. The van der Waals surface area contributed by atoms with Crippen molar-refractivity contribution < 1.29 is 18.7 Å². The van der Waals surface area contributed by atoms with Crippen LogP contribution in [0.3, 0.4) is 0 Å². The largest absolute Gasteiger partial charge is 0.462 e. The number of ether oxygens (including phenoxy) is 1. The molecule has 35 heavy (non-hydrogen) atoms. The molecule has 0 radical (unpaired) electrons. The number of hydrogen-bond donors (Lipinski definition) is 0. The second kappa shape index (κ2) is 9.39. The summed E-state index contributed by atoms with van der Waals surface area (Å²) in [7, 11) is 0. The van der Waals surface area contributed by atoms with Crippen LogP contribution in [0.25, 0.3) is 11.0 Å². The summed E-state index contributed by atoms with van der Waals surface area (Å²) < 4.78 is 11.2. The summed E-state index contributed by atoms with van der Waals surface area (Å²) in [6.07, 6.45) is 1.72. The van der Waals surface area contributed by atoms with Crippen molar-refractivity contribution in [3.8, 4) is 0 Å². The van der Waals surface area contributed by atoms with Crippen molar-refractivity contribution in [3.63, 3.8) is 0 Å². The molecule has 2 heterocycles. The van der Waals surface area contributed by atoms with E-state index in [0.29, 0.717) is 33.8 Å². The second-order valence-electron chi connectivity index (χ2n) is 8.34. The average molecular weight is 488 g/mol. The summed E-state index contributed by atoms with van der Waals surface area (Å²) in [5.41, 5.74) is 1.94. The quantitative estimate of drug-likeness (QED) is 0.241. The maximum absolute atomic E-state index is 13.6. The average Bonchev–Trinajstić information content (AvgIpc) is 3.17. The van der Waals surface area contributed by atoms with Gasteiger partial charge in [0.1, 0.15) is 5.58 Å². The van der Waals surface area contributed by atoms with E-state index in [2.05, 4.69) is 0 Å². The molecule has 0 bridgehead atoms. The van der Waals surface area contributed by atoms with Gasteiger partial charge in [-0.25, -0.2) is 4.79 Å². The Kier molecular flexibility index (Phi) is 6.14. The lowest BCUT2D eigenvalue weighted by Gasteiger charge is -2.25. The van der Waals surface area contributed by atoms with Crippen LogP contribution in [-0.4, -0.2) is 18.5 Å². The number of halogens is 1. The molecule has 6 nitrogen and oxygen atoms in total. The van der Waals surface area contributed by atoms with Gasteiger partial charge in [0.2, 0.25) is 5.76 Å². The maximum Gasteiger partial charge on any atom is 0.338 e. The Morgan fingerprint density at radius 1 is 1.03 bits per heavy atom. The van der Waals surface area contributed by atoms with Gasteiger partial charge < -0.3 is 9.15 Å². The highest BCUT2D eigenvalue weighted by atomic mass is 35.5. The van der Waals surface area contributed by atoms with Gasteiger partial charge in [0.05, 0.1) is 29.2 Å². The van der Waals surface area contributed by atoms with Gasteiger partial charge in [-0.15, -0.1) is 0 Å². The molecule has 7 heteroatoms. The van der Waals surface area contributed by atoms with Crippen LogP contribution in [0, 0.1) is 0 Å². The van der Waals surface area contributed by atoms with Crippen LogP contribution in [0.2, 0.25) is 5.02 Å². The molecular weight excluding hydrogens is 466 g/mol. The highest BCUT2D eigenvalue weighted by molar-refractivity contribution is 6.31. The fourth-order valence-corrected chi connectivity index (χ4v) is 4.48. The van der Waals surface area contributed by atoms with Crippen molar-refractivity contribution in [1.82, 2.24) is 0 Å². The highest BCUT2D eigenvalue weighted by Gasteiger charge is 2.43.